The Morgan fingerprint density at radius 3 is 2.04 bits per heavy atom. The molecule has 2 saturated heterocycles. The van der Waals surface area contributed by atoms with Gasteiger partial charge in [-0.05, 0) is 24.3 Å². The quantitative estimate of drug-likeness (QED) is 0.785. The number of alkyl halides is 5. The Morgan fingerprint density at radius 1 is 1.00 bits per heavy atom. The molecule has 10 heteroatoms. The summed E-state index contributed by atoms with van der Waals surface area (Å²) in [4.78, 5) is 27.6. The fourth-order valence-corrected chi connectivity index (χ4v) is 3.22. The van der Waals surface area contributed by atoms with Gasteiger partial charge >= 0.3 is 6.18 Å². The highest BCUT2D eigenvalue weighted by Gasteiger charge is 2.44. The molecule has 148 valence electrons. The van der Waals surface area contributed by atoms with Gasteiger partial charge in [0.1, 0.15) is 0 Å². The smallest absolute Gasteiger partial charge is 0.338 e. The lowest BCUT2D eigenvalue weighted by atomic mass is 10.1. The highest BCUT2D eigenvalue weighted by atomic mass is 19.4. The van der Waals surface area contributed by atoms with Crippen LogP contribution in [0, 0.1) is 0 Å². The van der Waals surface area contributed by atoms with Crippen molar-refractivity contribution in [1.29, 1.82) is 0 Å². The van der Waals surface area contributed by atoms with E-state index < -0.39 is 48.5 Å². The summed E-state index contributed by atoms with van der Waals surface area (Å²) in [5.74, 6) is -3.75. The topological polar surface area (TPSA) is 52.7 Å². The van der Waals surface area contributed by atoms with Crippen molar-refractivity contribution >= 4 is 11.8 Å². The Morgan fingerprint density at radius 2 is 1.56 bits per heavy atom. The molecule has 1 atom stereocenters. The van der Waals surface area contributed by atoms with Gasteiger partial charge in [-0.2, -0.15) is 13.2 Å². The van der Waals surface area contributed by atoms with Crippen LogP contribution in [0.4, 0.5) is 22.0 Å². The van der Waals surface area contributed by atoms with Crippen LogP contribution in [0.25, 0.3) is 0 Å². The molecule has 1 aromatic carbocycles. The monoisotopic (exact) mass is 391 g/mol. The fraction of sp³-hybridized carbons (Fsp3) is 0.529. The van der Waals surface area contributed by atoms with Gasteiger partial charge in [0.2, 0.25) is 5.91 Å². The van der Waals surface area contributed by atoms with E-state index in [2.05, 4.69) is 5.32 Å². The standard InChI is InChI=1S/C17H18F5N3O2/c18-16(19)9-13(23-10-16)15(27)25-7-5-24(6-8-25)14(26)11-1-3-12(4-2-11)17(20,21)22/h1-4,13,23H,5-10H2. The molecule has 1 unspecified atom stereocenters. The summed E-state index contributed by atoms with van der Waals surface area (Å²) >= 11 is 0. The van der Waals surface area contributed by atoms with Crippen molar-refractivity contribution in [3.8, 4) is 0 Å². The number of benzene rings is 1. The number of hydrogen-bond donors (Lipinski definition) is 1. The summed E-state index contributed by atoms with van der Waals surface area (Å²) in [6.45, 7) is 0.225. The van der Waals surface area contributed by atoms with Crippen LogP contribution in [0.2, 0.25) is 0 Å². The van der Waals surface area contributed by atoms with Gasteiger partial charge in [0.15, 0.2) is 0 Å². The van der Waals surface area contributed by atoms with Gasteiger partial charge in [-0.25, -0.2) is 8.78 Å². The average molecular weight is 391 g/mol. The number of nitrogens with one attached hydrogen (secondary N) is 1. The minimum atomic E-state index is -4.47. The molecule has 2 fully saturated rings. The van der Waals surface area contributed by atoms with E-state index in [-0.39, 0.29) is 31.7 Å². The molecule has 2 heterocycles. The van der Waals surface area contributed by atoms with Crippen molar-refractivity contribution in [2.45, 2.75) is 24.6 Å². The normalized spacial score (nSPS) is 22.8. The van der Waals surface area contributed by atoms with Crippen molar-refractivity contribution in [3.05, 3.63) is 35.4 Å². The van der Waals surface area contributed by atoms with E-state index >= 15 is 0 Å². The van der Waals surface area contributed by atoms with Crippen molar-refractivity contribution in [2.75, 3.05) is 32.7 Å². The van der Waals surface area contributed by atoms with Crippen LogP contribution in [-0.2, 0) is 11.0 Å². The maximum Gasteiger partial charge on any atom is 0.416 e. The van der Waals surface area contributed by atoms with E-state index in [9.17, 15) is 31.5 Å². The van der Waals surface area contributed by atoms with Crippen LogP contribution in [-0.4, -0.2) is 66.3 Å². The first kappa shape index (κ1) is 19.5. The minimum absolute atomic E-state index is 0.125. The second-order valence-electron chi connectivity index (χ2n) is 6.69. The molecule has 27 heavy (non-hydrogen) atoms. The second kappa shape index (κ2) is 7.06. The van der Waals surface area contributed by atoms with Crippen molar-refractivity contribution in [1.82, 2.24) is 15.1 Å². The molecule has 5 nitrogen and oxygen atoms in total. The summed E-state index contributed by atoms with van der Waals surface area (Å²) < 4.78 is 64.2. The van der Waals surface area contributed by atoms with E-state index in [1.165, 1.54) is 9.80 Å². The number of carbonyl (C=O) groups is 2. The molecule has 0 aromatic heterocycles. The van der Waals surface area contributed by atoms with Gasteiger partial charge < -0.3 is 9.80 Å². The van der Waals surface area contributed by atoms with Crippen molar-refractivity contribution in [2.24, 2.45) is 0 Å². The number of amides is 2. The maximum absolute atomic E-state index is 13.2. The summed E-state index contributed by atoms with van der Waals surface area (Å²) in [6.07, 6.45) is -5.02. The SMILES string of the molecule is O=C(c1ccc(C(F)(F)F)cc1)N1CCN(C(=O)C2CC(F)(F)CN2)CC1. The minimum Gasteiger partial charge on any atom is -0.338 e. The number of halogens is 5. The van der Waals surface area contributed by atoms with Crippen molar-refractivity contribution in [3.63, 3.8) is 0 Å². The van der Waals surface area contributed by atoms with Crippen molar-refractivity contribution < 1.29 is 31.5 Å². The number of rotatable bonds is 2. The van der Waals surface area contributed by atoms with Crippen LogP contribution in [0.5, 0.6) is 0 Å². The lowest BCUT2D eigenvalue weighted by Crippen LogP contribution is -2.54. The van der Waals surface area contributed by atoms with E-state index in [4.69, 9.17) is 0 Å². The maximum atomic E-state index is 13.2. The van der Waals surface area contributed by atoms with Crippen LogP contribution in [0.1, 0.15) is 22.3 Å². The lowest BCUT2D eigenvalue weighted by molar-refractivity contribution is -0.137. The van der Waals surface area contributed by atoms with E-state index in [0.717, 1.165) is 24.3 Å². The molecule has 0 spiro atoms. The molecule has 1 aromatic rings. The molecule has 0 radical (unpaired) electrons. The summed E-state index contributed by atoms with van der Waals surface area (Å²) in [6, 6.07) is 3.00. The molecule has 0 aliphatic carbocycles. The Labute approximate surface area is 152 Å². The van der Waals surface area contributed by atoms with E-state index in [1.54, 1.807) is 0 Å². The molecule has 2 aliphatic heterocycles. The average Bonchev–Trinajstić information content (AvgIpc) is 3.00. The molecule has 2 aliphatic rings. The highest BCUT2D eigenvalue weighted by molar-refractivity contribution is 5.94. The molecule has 2 amide bonds. The zero-order valence-electron chi connectivity index (χ0n) is 14.2. The van der Waals surface area contributed by atoms with E-state index in [0.29, 0.717) is 0 Å². The van der Waals surface area contributed by atoms with Gasteiger partial charge in [0.25, 0.3) is 11.8 Å². The molecule has 0 saturated carbocycles. The highest BCUT2D eigenvalue weighted by Crippen LogP contribution is 2.29. The number of piperazine rings is 1. The first-order valence-corrected chi connectivity index (χ1v) is 8.43. The molecular formula is C17H18F5N3O2. The Kier molecular flexibility index (Phi) is 5.11. The fourth-order valence-electron chi connectivity index (χ4n) is 3.22. The third kappa shape index (κ3) is 4.37. The van der Waals surface area contributed by atoms with Crippen LogP contribution >= 0.6 is 0 Å². The van der Waals surface area contributed by atoms with Crippen LogP contribution in [0.3, 0.4) is 0 Å². The third-order valence-electron chi connectivity index (χ3n) is 4.75. The van der Waals surface area contributed by atoms with Gasteiger partial charge in [-0.15, -0.1) is 0 Å². The Bertz CT molecular complexity index is 712. The van der Waals surface area contributed by atoms with Gasteiger partial charge in [0.05, 0.1) is 18.2 Å². The number of nitrogens with zero attached hydrogens (tertiary/aromatic N) is 2. The largest absolute Gasteiger partial charge is 0.416 e. The third-order valence-corrected chi connectivity index (χ3v) is 4.75. The summed E-state index contributed by atoms with van der Waals surface area (Å²) in [5.41, 5.74) is -0.713. The first-order valence-electron chi connectivity index (χ1n) is 8.43. The van der Waals surface area contributed by atoms with E-state index in [1.807, 2.05) is 0 Å². The Balaban J connectivity index is 1.56. The van der Waals surface area contributed by atoms with Crippen LogP contribution in [0.15, 0.2) is 24.3 Å². The van der Waals surface area contributed by atoms with Gasteiger partial charge in [-0.3, -0.25) is 14.9 Å². The van der Waals surface area contributed by atoms with Crippen LogP contribution < -0.4 is 5.32 Å². The zero-order chi connectivity index (χ0) is 19.8. The predicted molar refractivity (Wildman–Crippen MR) is 85.3 cm³/mol. The summed E-state index contributed by atoms with van der Waals surface area (Å²) in [5, 5.41) is 2.51. The Hall–Kier alpha value is -2.23. The molecular weight excluding hydrogens is 373 g/mol. The predicted octanol–water partition coefficient (Wildman–Crippen LogP) is 1.99. The zero-order valence-corrected chi connectivity index (χ0v) is 14.2. The molecule has 3 rings (SSSR count). The number of carbonyl (C=O) groups excluding carboxylic acids is 2. The van der Waals surface area contributed by atoms with Gasteiger partial charge in [-0.1, -0.05) is 0 Å². The summed E-state index contributed by atoms with van der Waals surface area (Å²) in [7, 11) is 0. The number of hydrogen-bond acceptors (Lipinski definition) is 3. The second-order valence-corrected chi connectivity index (χ2v) is 6.69. The lowest BCUT2D eigenvalue weighted by Gasteiger charge is -2.36. The first-order chi connectivity index (χ1) is 12.6. The molecule has 1 N–H and O–H groups in total. The van der Waals surface area contributed by atoms with Gasteiger partial charge in [0, 0.05) is 38.2 Å². The molecule has 0 bridgehead atoms.